The molecule has 19 heavy (non-hydrogen) atoms. The fourth-order valence-electron chi connectivity index (χ4n) is 2.33. The van der Waals surface area contributed by atoms with E-state index in [1.165, 1.54) is 0 Å². The van der Waals surface area contributed by atoms with Crippen LogP contribution in [0.15, 0.2) is 12.1 Å². The quantitative estimate of drug-likeness (QED) is 0.923. The van der Waals surface area contributed by atoms with Gasteiger partial charge in [-0.05, 0) is 18.6 Å². The Hall–Kier alpha value is -0.420. The number of nitrogens with one attached hydrogen (secondary N) is 1. The molecule has 1 saturated heterocycles. The second-order valence-electron chi connectivity index (χ2n) is 4.55. The third-order valence-corrected chi connectivity index (χ3v) is 3.72. The number of rotatable bonds is 3. The molecule has 1 atom stereocenters. The number of alkyl halides is 1. The van der Waals surface area contributed by atoms with Crippen LogP contribution in [-0.4, -0.2) is 37.8 Å². The van der Waals surface area contributed by atoms with Crippen molar-refractivity contribution in [3.63, 3.8) is 0 Å². The van der Waals surface area contributed by atoms with Crippen molar-refractivity contribution in [1.29, 1.82) is 0 Å². The summed E-state index contributed by atoms with van der Waals surface area (Å²) in [6.07, 6.45) is 0. The zero-order valence-electron chi connectivity index (χ0n) is 10.8. The zero-order valence-corrected chi connectivity index (χ0v) is 12.3. The Labute approximate surface area is 123 Å². The Balaban J connectivity index is 0.00000180. The number of aryl methyl sites for hydroxylation is 1. The molecular weight excluding hydrogens is 293 g/mol. The molecule has 0 aliphatic carbocycles. The molecule has 0 unspecified atom stereocenters. The van der Waals surface area contributed by atoms with Crippen molar-refractivity contribution in [3.05, 3.63) is 34.1 Å². The number of halogens is 4. The van der Waals surface area contributed by atoms with E-state index < -0.39 is 12.7 Å². The smallest absolute Gasteiger partial charge is 0.132 e. The Morgan fingerprint density at radius 2 is 2.00 bits per heavy atom. The van der Waals surface area contributed by atoms with Crippen LogP contribution in [0.3, 0.4) is 0 Å². The fourth-order valence-corrected chi connectivity index (χ4v) is 2.61. The van der Waals surface area contributed by atoms with Crippen LogP contribution >= 0.6 is 24.0 Å². The number of hydrogen-bond donors (Lipinski definition) is 1. The topological polar surface area (TPSA) is 15.3 Å². The first-order chi connectivity index (χ1) is 8.65. The summed E-state index contributed by atoms with van der Waals surface area (Å²) in [6, 6.07) is 2.67. The Morgan fingerprint density at radius 1 is 1.37 bits per heavy atom. The summed E-state index contributed by atoms with van der Waals surface area (Å²) in [6.45, 7) is 4.04. The van der Waals surface area contributed by atoms with E-state index in [9.17, 15) is 8.78 Å². The first-order valence-corrected chi connectivity index (χ1v) is 6.48. The number of hydrogen-bond acceptors (Lipinski definition) is 2. The van der Waals surface area contributed by atoms with Crippen LogP contribution in [0.4, 0.5) is 8.78 Å². The Bertz CT molecular complexity index is 423. The zero-order chi connectivity index (χ0) is 13.1. The molecule has 108 valence electrons. The van der Waals surface area contributed by atoms with E-state index >= 15 is 0 Å². The van der Waals surface area contributed by atoms with E-state index in [-0.39, 0.29) is 18.2 Å². The van der Waals surface area contributed by atoms with Crippen molar-refractivity contribution in [2.24, 2.45) is 0 Å². The summed E-state index contributed by atoms with van der Waals surface area (Å²) >= 11 is 6.05. The minimum absolute atomic E-state index is 0. The number of piperazine rings is 1. The van der Waals surface area contributed by atoms with Gasteiger partial charge in [-0.1, -0.05) is 17.7 Å². The maximum Gasteiger partial charge on any atom is 0.132 e. The van der Waals surface area contributed by atoms with E-state index in [1.54, 1.807) is 19.1 Å². The van der Waals surface area contributed by atoms with Gasteiger partial charge in [0, 0.05) is 36.8 Å². The first-order valence-electron chi connectivity index (χ1n) is 6.10. The summed E-state index contributed by atoms with van der Waals surface area (Å²) in [7, 11) is 0. The van der Waals surface area contributed by atoms with Crippen LogP contribution in [0.25, 0.3) is 0 Å². The van der Waals surface area contributed by atoms with Crippen LogP contribution in [0.5, 0.6) is 0 Å². The second kappa shape index (κ2) is 7.39. The molecule has 1 heterocycles. The summed E-state index contributed by atoms with van der Waals surface area (Å²) in [4.78, 5) is 1.94. The standard InChI is InChI=1S/C13H17ClF2N2.ClH/c1-9-2-3-10(14)12(13(9)16)11(8-15)18-6-4-17-5-7-18;/h2-3,11,17H,4-8H2,1H3;1H/t11-;/m0./s1. The van der Waals surface area contributed by atoms with Crippen LogP contribution < -0.4 is 5.32 Å². The van der Waals surface area contributed by atoms with E-state index in [2.05, 4.69) is 5.32 Å². The molecule has 0 radical (unpaired) electrons. The summed E-state index contributed by atoms with van der Waals surface area (Å²) in [5.41, 5.74) is 0.795. The van der Waals surface area contributed by atoms with Crippen molar-refractivity contribution in [1.82, 2.24) is 10.2 Å². The molecule has 1 N–H and O–H groups in total. The van der Waals surface area contributed by atoms with Gasteiger partial charge in [-0.3, -0.25) is 4.90 Å². The Morgan fingerprint density at radius 3 is 2.58 bits per heavy atom. The molecule has 0 aromatic heterocycles. The summed E-state index contributed by atoms with van der Waals surface area (Å²) in [5.74, 6) is -0.385. The highest BCUT2D eigenvalue weighted by molar-refractivity contribution is 6.31. The highest BCUT2D eigenvalue weighted by atomic mass is 35.5. The van der Waals surface area contributed by atoms with Crippen LogP contribution in [0.1, 0.15) is 17.2 Å². The average molecular weight is 311 g/mol. The molecule has 1 fully saturated rings. The first kappa shape index (κ1) is 16.6. The lowest BCUT2D eigenvalue weighted by Gasteiger charge is -2.34. The fraction of sp³-hybridized carbons (Fsp3) is 0.538. The van der Waals surface area contributed by atoms with Gasteiger partial charge in [0.15, 0.2) is 0 Å². The van der Waals surface area contributed by atoms with E-state index in [0.29, 0.717) is 29.2 Å². The maximum absolute atomic E-state index is 14.2. The van der Waals surface area contributed by atoms with Gasteiger partial charge in [0.1, 0.15) is 12.5 Å². The highest BCUT2D eigenvalue weighted by Crippen LogP contribution is 2.32. The lowest BCUT2D eigenvalue weighted by molar-refractivity contribution is 0.144. The van der Waals surface area contributed by atoms with Gasteiger partial charge in [-0.2, -0.15) is 0 Å². The van der Waals surface area contributed by atoms with Crippen LogP contribution in [0, 0.1) is 12.7 Å². The number of nitrogens with zero attached hydrogens (tertiary/aromatic N) is 1. The second-order valence-corrected chi connectivity index (χ2v) is 4.96. The van der Waals surface area contributed by atoms with Gasteiger partial charge in [-0.15, -0.1) is 12.4 Å². The minimum Gasteiger partial charge on any atom is -0.314 e. The van der Waals surface area contributed by atoms with Crippen LogP contribution in [-0.2, 0) is 0 Å². The summed E-state index contributed by atoms with van der Waals surface area (Å²) in [5, 5.41) is 3.50. The van der Waals surface area contributed by atoms with Crippen molar-refractivity contribution in [3.8, 4) is 0 Å². The van der Waals surface area contributed by atoms with Gasteiger partial charge in [0.05, 0.1) is 6.04 Å². The molecule has 0 saturated carbocycles. The summed E-state index contributed by atoms with van der Waals surface area (Å²) < 4.78 is 27.5. The molecule has 0 bridgehead atoms. The molecule has 2 nitrogen and oxygen atoms in total. The van der Waals surface area contributed by atoms with Gasteiger partial charge in [-0.25, -0.2) is 8.78 Å². The van der Waals surface area contributed by atoms with Crippen molar-refractivity contribution >= 4 is 24.0 Å². The molecule has 1 aromatic rings. The molecular formula is C13H18Cl2F2N2. The van der Waals surface area contributed by atoms with Gasteiger partial charge >= 0.3 is 0 Å². The largest absolute Gasteiger partial charge is 0.314 e. The molecule has 1 aliphatic rings. The lowest BCUT2D eigenvalue weighted by atomic mass is 10.0. The minimum atomic E-state index is -0.625. The Kier molecular flexibility index (Phi) is 6.47. The maximum atomic E-state index is 14.2. The van der Waals surface area contributed by atoms with Gasteiger partial charge < -0.3 is 5.32 Å². The lowest BCUT2D eigenvalue weighted by Crippen LogP contribution is -2.46. The van der Waals surface area contributed by atoms with E-state index in [4.69, 9.17) is 11.6 Å². The highest BCUT2D eigenvalue weighted by Gasteiger charge is 2.27. The number of benzene rings is 1. The normalized spacial score (nSPS) is 17.9. The molecule has 1 aliphatic heterocycles. The SMILES string of the molecule is Cc1ccc(Cl)c([C@H](CF)N2CCNCC2)c1F.Cl. The van der Waals surface area contributed by atoms with E-state index in [0.717, 1.165) is 13.1 Å². The van der Waals surface area contributed by atoms with E-state index in [1.807, 2.05) is 4.90 Å². The van der Waals surface area contributed by atoms with Gasteiger partial charge in [0.2, 0.25) is 0 Å². The van der Waals surface area contributed by atoms with Crippen molar-refractivity contribution in [2.75, 3.05) is 32.9 Å². The van der Waals surface area contributed by atoms with Crippen LogP contribution in [0.2, 0.25) is 5.02 Å². The molecule has 6 heteroatoms. The predicted octanol–water partition coefficient (Wildman–Crippen LogP) is 3.13. The molecule has 0 spiro atoms. The monoisotopic (exact) mass is 310 g/mol. The van der Waals surface area contributed by atoms with Gasteiger partial charge in [0.25, 0.3) is 0 Å². The van der Waals surface area contributed by atoms with Crippen molar-refractivity contribution < 1.29 is 8.78 Å². The third-order valence-electron chi connectivity index (χ3n) is 3.39. The molecule has 2 rings (SSSR count). The van der Waals surface area contributed by atoms with Crippen molar-refractivity contribution in [2.45, 2.75) is 13.0 Å². The third kappa shape index (κ3) is 3.57. The predicted molar refractivity (Wildman–Crippen MR) is 76.6 cm³/mol. The average Bonchev–Trinajstić information content (AvgIpc) is 2.40. The molecule has 0 amide bonds. The molecule has 1 aromatic carbocycles.